The Morgan fingerprint density at radius 2 is 2.46 bits per heavy atom. The van der Waals surface area contributed by atoms with Gasteiger partial charge in [-0.1, -0.05) is 18.5 Å². The minimum Gasteiger partial charge on any atom is -0.468 e. The lowest BCUT2D eigenvalue weighted by Crippen LogP contribution is -2.14. The number of hydrogen-bond acceptors (Lipinski definition) is 3. The fraction of sp³-hybridized carbons (Fsp3) is 0.500. The highest BCUT2D eigenvalue weighted by Gasteiger charge is 2.10. The van der Waals surface area contributed by atoms with Gasteiger partial charge in [0.05, 0.1) is 24.0 Å². The molecule has 1 heterocycles. The lowest BCUT2D eigenvalue weighted by atomic mass is 10.3. The summed E-state index contributed by atoms with van der Waals surface area (Å²) in [6.45, 7) is 2.07. The Hall–Kier alpha value is -1.03. The van der Waals surface area contributed by atoms with Crippen LogP contribution in [0.1, 0.15) is 12.6 Å². The van der Waals surface area contributed by atoms with Crippen LogP contribution in [-0.2, 0) is 22.5 Å². The summed E-state index contributed by atoms with van der Waals surface area (Å²) in [7, 11) is 1.35. The van der Waals surface area contributed by atoms with E-state index in [1.807, 2.05) is 6.92 Å². The Bertz CT molecular complexity index is 309. The van der Waals surface area contributed by atoms with E-state index in [4.69, 9.17) is 11.6 Å². The van der Waals surface area contributed by atoms with Gasteiger partial charge >= 0.3 is 5.97 Å². The molecule has 0 fully saturated rings. The first kappa shape index (κ1) is 10.1. The first-order valence-electron chi connectivity index (χ1n) is 3.96. The molecular formula is C8H11ClN2O2. The van der Waals surface area contributed by atoms with Crippen LogP contribution in [0.25, 0.3) is 0 Å². The average Bonchev–Trinajstić information content (AvgIpc) is 2.46. The lowest BCUT2D eigenvalue weighted by Gasteiger charge is -2.03. The maximum Gasteiger partial charge on any atom is 0.327 e. The molecule has 72 valence electrons. The third-order valence-electron chi connectivity index (χ3n) is 1.74. The molecule has 0 aliphatic rings. The van der Waals surface area contributed by atoms with Gasteiger partial charge in [-0.05, 0) is 6.42 Å². The second-order valence-electron chi connectivity index (χ2n) is 2.53. The Balaban J connectivity index is 2.82. The normalized spacial score (nSPS) is 10.1. The van der Waals surface area contributed by atoms with Crippen LogP contribution in [0.3, 0.4) is 0 Å². The summed E-state index contributed by atoms with van der Waals surface area (Å²) in [5, 5.41) is 4.55. The van der Waals surface area contributed by atoms with Crippen molar-refractivity contribution in [1.82, 2.24) is 9.78 Å². The van der Waals surface area contributed by atoms with Gasteiger partial charge in [-0.2, -0.15) is 5.10 Å². The highest BCUT2D eigenvalue weighted by Crippen LogP contribution is 2.15. The zero-order chi connectivity index (χ0) is 9.84. The van der Waals surface area contributed by atoms with Gasteiger partial charge in [-0.25, -0.2) is 0 Å². The second-order valence-corrected chi connectivity index (χ2v) is 2.93. The molecule has 0 atom stereocenters. The van der Waals surface area contributed by atoms with Gasteiger partial charge in [0, 0.05) is 0 Å². The Kier molecular flexibility index (Phi) is 3.31. The number of halogens is 1. The van der Waals surface area contributed by atoms with Crippen molar-refractivity contribution in [1.29, 1.82) is 0 Å². The van der Waals surface area contributed by atoms with E-state index in [9.17, 15) is 4.79 Å². The number of methoxy groups -OCH3 is 1. The molecule has 0 saturated heterocycles. The van der Waals surface area contributed by atoms with Crippen molar-refractivity contribution in [3.05, 3.63) is 16.9 Å². The molecule has 0 amide bonds. The molecule has 0 aromatic carbocycles. The predicted octanol–water partition coefficient (Wildman–Crippen LogP) is 1.27. The first-order chi connectivity index (χ1) is 6.19. The zero-order valence-corrected chi connectivity index (χ0v) is 8.34. The Morgan fingerprint density at radius 1 is 1.77 bits per heavy atom. The fourth-order valence-corrected chi connectivity index (χ4v) is 1.34. The van der Waals surface area contributed by atoms with Crippen LogP contribution >= 0.6 is 11.6 Å². The van der Waals surface area contributed by atoms with E-state index in [1.54, 1.807) is 4.68 Å². The number of carbonyl (C=O) groups is 1. The van der Waals surface area contributed by atoms with E-state index >= 15 is 0 Å². The molecule has 1 rings (SSSR count). The number of nitrogens with zero attached hydrogens (tertiary/aromatic N) is 2. The van der Waals surface area contributed by atoms with Crippen molar-refractivity contribution in [3.8, 4) is 0 Å². The minimum absolute atomic E-state index is 0.117. The number of aromatic nitrogens is 2. The zero-order valence-electron chi connectivity index (χ0n) is 7.58. The van der Waals surface area contributed by atoms with E-state index in [2.05, 4.69) is 9.84 Å². The molecule has 1 aromatic rings. The smallest absolute Gasteiger partial charge is 0.327 e. The summed E-state index contributed by atoms with van der Waals surface area (Å²) in [6.07, 6.45) is 2.28. The third-order valence-corrected chi connectivity index (χ3v) is 2.05. The number of esters is 1. The van der Waals surface area contributed by atoms with Crippen molar-refractivity contribution in [3.63, 3.8) is 0 Å². The molecule has 5 heteroatoms. The SMILES string of the molecule is CCc1c(Cl)cnn1CC(=O)OC. The highest BCUT2D eigenvalue weighted by molar-refractivity contribution is 6.31. The van der Waals surface area contributed by atoms with E-state index in [-0.39, 0.29) is 12.5 Å². The van der Waals surface area contributed by atoms with Crippen molar-refractivity contribution in [2.24, 2.45) is 0 Å². The minimum atomic E-state index is -0.325. The van der Waals surface area contributed by atoms with Crippen LogP contribution in [0.15, 0.2) is 6.20 Å². The second kappa shape index (κ2) is 4.28. The predicted molar refractivity (Wildman–Crippen MR) is 48.6 cm³/mol. The Labute approximate surface area is 81.4 Å². The van der Waals surface area contributed by atoms with Crippen molar-refractivity contribution >= 4 is 17.6 Å². The molecule has 0 aliphatic carbocycles. The summed E-state index contributed by atoms with van der Waals surface area (Å²) in [4.78, 5) is 10.9. The molecule has 0 radical (unpaired) electrons. The topological polar surface area (TPSA) is 44.1 Å². The molecule has 0 N–H and O–H groups in total. The molecule has 1 aromatic heterocycles. The first-order valence-corrected chi connectivity index (χ1v) is 4.33. The standard InChI is InChI=1S/C8H11ClN2O2/c1-3-7-6(9)4-10-11(7)5-8(12)13-2/h4H,3,5H2,1-2H3. The van der Waals surface area contributed by atoms with Gasteiger partial charge in [-0.3, -0.25) is 9.48 Å². The molecule has 4 nitrogen and oxygen atoms in total. The van der Waals surface area contributed by atoms with Gasteiger partial charge in [0.2, 0.25) is 0 Å². The highest BCUT2D eigenvalue weighted by atomic mass is 35.5. The Morgan fingerprint density at radius 3 is 3.00 bits per heavy atom. The third kappa shape index (κ3) is 2.21. The van der Waals surface area contributed by atoms with Crippen LogP contribution in [0.5, 0.6) is 0 Å². The molecular weight excluding hydrogens is 192 g/mol. The maximum absolute atomic E-state index is 10.9. The average molecular weight is 203 g/mol. The van der Waals surface area contributed by atoms with Crippen LogP contribution in [0, 0.1) is 0 Å². The van der Waals surface area contributed by atoms with Crippen LogP contribution in [-0.4, -0.2) is 22.9 Å². The number of ether oxygens (including phenoxy) is 1. The van der Waals surface area contributed by atoms with Crippen molar-refractivity contribution in [2.45, 2.75) is 19.9 Å². The molecule has 0 saturated carbocycles. The van der Waals surface area contributed by atoms with E-state index < -0.39 is 0 Å². The summed E-state index contributed by atoms with van der Waals surface area (Å²) in [5.41, 5.74) is 0.854. The van der Waals surface area contributed by atoms with Gasteiger partial charge in [0.25, 0.3) is 0 Å². The summed E-state index contributed by atoms with van der Waals surface area (Å²) in [5.74, 6) is -0.325. The summed E-state index contributed by atoms with van der Waals surface area (Å²) in [6, 6.07) is 0. The van der Waals surface area contributed by atoms with Crippen LogP contribution < -0.4 is 0 Å². The van der Waals surface area contributed by atoms with E-state index in [0.717, 1.165) is 12.1 Å². The molecule has 0 aliphatic heterocycles. The van der Waals surface area contributed by atoms with Crippen molar-refractivity contribution < 1.29 is 9.53 Å². The van der Waals surface area contributed by atoms with Gasteiger partial charge in [-0.15, -0.1) is 0 Å². The molecule has 0 bridgehead atoms. The fourth-order valence-electron chi connectivity index (χ4n) is 1.06. The van der Waals surface area contributed by atoms with Gasteiger partial charge < -0.3 is 4.74 Å². The molecule has 13 heavy (non-hydrogen) atoms. The summed E-state index contributed by atoms with van der Waals surface area (Å²) < 4.78 is 6.07. The number of carbonyl (C=O) groups excluding carboxylic acids is 1. The monoisotopic (exact) mass is 202 g/mol. The van der Waals surface area contributed by atoms with Crippen LogP contribution in [0.4, 0.5) is 0 Å². The van der Waals surface area contributed by atoms with E-state index in [1.165, 1.54) is 13.3 Å². The molecule has 0 spiro atoms. The van der Waals surface area contributed by atoms with Gasteiger partial charge in [0.1, 0.15) is 6.54 Å². The van der Waals surface area contributed by atoms with E-state index in [0.29, 0.717) is 5.02 Å². The lowest BCUT2D eigenvalue weighted by molar-refractivity contribution is -0.141. The summed E-state index contributed by atoms with van der Waals surface area (Å²) >= 11 is 5.84. The number of hydrogen-bond donors (Lipinski definition) is 0. The van der Waals surface area contributed by atoms with Crippen LogP contribution in [0.2, 0.25) is 5.02 Å². The quantitative estimate of drug-likeness (QED) is 0.694. The maximum atomic E-state index is 10.9. The van der Waals surface area contributed by atoms with Crippen molar-refractivity contribution in [2.75, 3.05) is 7.11 Å². The number of rotatable bonds is 3. The largest absolute Gasteiger partial charge is 0.468 e. The molecule has 0 unspecified atom stereocenters. The van der Waals surface area contributed by atoms with Gasteiger partial charge in [0.15, 0.2) is 0 Å².